The van der Waals surface area contributed by atoms with Crippen LogP contribution in [0.3, 0.4) is 0 Å². The van der Waals surface area contributed by atoms with Gasteiger partial charge in [-0.05, 0) is 48.2 Å². The lowest BCUT2D eigenvalue weighted by Gasteiger charge is -2.06. The standard InChI is InChI=1S/C20H23N3O3/c1-4-26-18-11-9-17(10-12-18)22-19(24)20(25)23-21-13-15-5-7-16(8-6-15)14(2)3/h5-14H,4H2,1-3H3,(H,22,24)(H,23,25)/b21-13+. The van der Waals surface area contributed by atoms with E-state index < -0.39 is 11.8 Å². The molecule has 6 nitrogen and oxygen atoms in total. The largest absolute Gasteiger partial charge is 0.494 e. The molecule has 2 amide bonds. The van der Waals surface area contributed by atoms with Gasteiger partial charge in [0.25, 0.3) is 0 Å². The summed E-state index contributed by atoms with van der Waals surface area (Å²) in [7, 11) is 0. The highest BCUT2D eigenvalue weighted by molar-refractivity contribution is 6.39. The van der Waals surface area contributed by atoms with E-state index in [2.05, 4.69) is 29.7 Å². The van der Waals surface area contributed by atoms with Crippen molar-refractivity contribution in [3.8, 4) is 5.75 Å². The summed E-state index contributed by atoms with van der Waals surface area (Å²) in [6, 6.07) is 14.6. The van der Waals surface area contributed by atoms with Crippen molar-refractivity contribution in [2.45, 2.75) is 26.7 Å². The zero-order chi connectivity index (χ0) is 18.9. The molecule has 0 saturated heterocycles. The zero-order valence-corrected chi connectivity index (χ0v) is 15.2. The van der Waals surface area contributed by atoms with Crippen LogP contribution < -0.4 is 15.5 Å². The molecule has 0 aromatic heterocycles. The molecule has 6 heteroatoms. The van der Waals surface area contributed by atoms with Crippen LogP contribution >= 0.6 is 0 Å². The van der Waals surface area contributed by atoms with Gasteiger partial charge in [-0.15, -0.1) is 0 Å². The molecule has 2 aromatic carbocycles. The van der Waals surface area contributed by atoms with Gasteiger partial charge in [-0.2, -0.15) is 5.10 Å². The van der Waals surface area contributed by atoms with Crippen molar-refractivity contribution in [3.05, 3.63) is 59.7 Å². The fourth-order valence-electron chi connectivity index (χ4n) is 2.17. The molecule has 0 atom stereocenters. The van der Waals surface area contributed by atoms with E-state index in [1.54, 1.807) is 24.3 Å². The number of benzene rings is 2. The first kappa shape index (κ1) is 19.2. The predicted molar refractivity (Wildman–Crippen MR) is 103 cm³/mol. The third-order valence-electron chi connectivity index (χ3n) is 3.61. The molecule has 2 aromatic rings. The molecule has 0 saturated carbocycles. The summed E-state index contributed by atoms with van der Waals surface area (Å²) in [5.41, 5.74) is 4.77. The zero-order valence-electron chi connectivity index (χ0n) is 15.2. The third-order valence-corrected chi connectivity index (χ3v) is 3.61. The maximum absolute atomic E-state index is 11.9. The van der Waals surface area contributed by atoms with Gasteiger partial charge < -0.3 is 10.1 Å². The van der Waals surface area contributed by atoms with Crippen LogP contribution in [0.15, 0.2) is 53.6 Å². The number of nitrogens with one attached hydrogen (secondary N) is 2. The molecule has 0 radical (unpaired) electrons. The molecule has 0 bridgehead atoms. The lowest BCUT2D eigenvalue weighted by Crippen LogP contribution is -2.32. The maximum Gasteiger partial charge on any atom is 0.329 e. The monoisotopic (exact) mass is 353 g/mol. The first-order chi connectivity index (χ1) is 12.5. The molecule has 0 heterocycles. The Hall–Kier alpha value is -3.15. The summed E-state index contributed by atoms with van der Waals surface area (Å²) in [6.07, 6.45) is 1.49. The van der Waals surface area contributed by atoms with Gasteiger partial charge in [0.2, 0.25) is 0 Å². The van der Waals surface area contributed by atoms with Crippen molar-refractivity contribution in [1.82, 2.24) is 5.43 Å². The Balaban J connectivity index is 1.85. The average Bonchev–Trinajstić information content (AvgIpc) is 2.64. The number of amides is 2. The minimum Gasteiger partial charge on any atom is -0.494 e. The summed E-state index contributed by atoms with van der Waals surface area (Å²) < 4.78 is 5.32. The molecule has 26 heavy (non-hydrogen) atoms. The Kier molecular flexibility index (Phi) is 6.91. The number of carbonyl (C=O) groups excluding carboxylic acids is 2. The van der Waals surface area contributed by atoms with Crippen molar-refractivity contribution in [3.63, 3.8) is 0 Å². The number of nitrogens with zero attached hydrogens (tertiary/aromatic N) is 1. The SMILES string of the molecule is CCOc1ccc(NC(=O)C(=O)N/N=C/c2ccc(C(C)C)cc2)cc1. The van der Waals surface area contributed by atoms with Crippen LogP contribution in [0.25, 0.3) is 0 Å². The first-order valence-electron chi connectivity index (χ1n) is 8.46. The minimum atomic E-state index is -0.839. The van der Waals surface area contributed by atoms with Gasteiger partial charge in [0.1, 0.15) is 5.75 Å². The number of rotatable bonds is 6. The van der Waals surface area contributed by atoms with E-state index in [0.717, 1.165) is 5.56 Å². The second-order valence-electron chi connectivity index (χ2n) is 5.93. The quantitative estimate of drug-likeness (QED) is 0.475. The second-order valence-corrected chi connectivity index (χ2v) is 5.93. The molecule has 0 aliphatic carbocycles. The molecule has 2 rings (SSSR count). The lowest BCUT2D eigenvalue weighted by atomic mass is 10.0. The number of hydrogen-bond donors (Lipinski definition) is 2. The second kappa shape index (κ2) is 9.36. The number of hydrogen-bond acceptors (Lipinski definition) is 4. The minimum absolute atomic E-state index is 0.451. The van der Waals surface area contributed by atoms with Crippen LogP contribution in [0, 0.1) is 0 Å². The van der Waals surface area contributed by atoms with Gasteiger partial charge in [0.15, 0.2) is 0 Å². The highest BCUT2D eigenvalue weighted by atomic mass is 16.5. The van der Waals surface area contributed by atoms with Gasteiger partial charge in [-0.25, -0.2) is 5.43 Å². The summed E-state index contributed by atoms with van der Waals surface area (Å²) >= 11 is 0. The lowest BCUT2D eigenvalue weighted by molar-refractivity contribution is -0.136. The number of hydrazone groups is 1. The molecular formula is C20H23N3O3. The van der Waals surface area contributed by atoms with Crippen molar-refractivity contribution >= 4 is 23.7 Å². The fraction of sp³-hybridized carbons (Fsp3) is 0.250. The predicted octanol–water partition coefficient (Wildman–Crippen LogP) is 3.30. The summed E-state index contributed by atoms with van der Waals surface area (Å²) in [4.78, 5) is 23.6. The Morgan fingerprint density at radius 3 is 2.27 bits per heavy atom. The van der Waals surface area contributed by atoms with Crippen LogP contribution in [-0.2, 0) is 9.59 Å². The van der Waals surface area contributed by atoms with Crippen molar-refractivity contribution in [2.24, 2.45) is 5.10 Å². The van der Waals surface area contributed by atoms with E-state index >= 15 is 0 Å². The molecule has 0 spiro atoms. The third kappa shape index (κ3) is 5.73. The average molecular weight is 353 g/mol. The molecular weight excluding hydrogens is 330 g/mol. The van der Waals surface area contributed by atoms with Gasteiger partial charge in [0, 0.05) is 5.69 Å². The highest BCUT2D eigenvalue weighted by Gasteiger charge is 2.12. The molecule has 2 N–H and O–H groups in total. The normalized spacial score (nSPS) is 10.8. The molecule has 0 fully saturated rings. The summed E-state index contributed by atoms with van der Waals surface area (Å²) in [5.74, 6) is -0.481. The highest BCUT2D eigenvalue weighted by Crippen LogP contribution is 2.15. The van der Waals surface area contributed by atoms with Crippen molar-refractivity contribution in [1.29, 1.82) is 0 Å². The summed E-state index contributed by atoms with van der Waals surface area (Å²) in [6.45, 7) is 6.68. The Morgan fingerprint density at radius 1 is 1.04 bits per heavy atom. The number of carbonyl (C=O) groups is 2. The van der Waals surface area contributed by atoms with E-state index in [9.17, 15) is 9.59 Å². The topological polar surface area (TPSA) is 79.8 Å². The van der Waals surface area contributed by atoms with Crippen LogP contribution in [0.1, 0.15) is 37.8 Å². The van der Waals surface area contributed by atoms with E-state index in [4.69, 9.17) is 4.74 Å². The Labute approximate surface area is 153 Å². The van der Waals surface area contributed by atoms with Gasteiger partial charge in [-0.3, -0.25) is 9.59 Å². The molecule has 0 unspecified atom stereocenters. The van der Waals surface area contributed by atoms with Crippen LogP contribution in [0.4, 0.5) is 5.69 Å². The Bertz CT molecular complexity index is 766. The van der Waals surface area contributed by atoms with Crippen molar-refractivity contribution in [2.75, 3.05) is 11.9 Å². The maximum atomic E-state index is 11.9. The van der Waals surface area contributed by atoms with Gasteiger partial charge in [-0.1, -0.05) is 38.1 Å². The van der Waals surface area contributed by atoms with Crippen LogP contribution in [0.2, 0.25) is 0 Å². The van der Waals surface area contributed by atoms with E-state index in [-0.39, 0.29) is 0 Å². The summed E-state index contributed by atoms with van der Waals surface area (Å²) in [5, 5.41) is 6.31. The first-order valence-corrected chi connectivity index (χ1v) is 8.46. The van der Waals surface area contributed by atoms with Crippen LogP contribution in [-0.4, -0.2) is 24.6 Å². The fourth-order valence-corrected chi connectivity index (χ4v) is 2.17. The van der Waals surface area contributed by atoms with E-state index in [1.165, 1.54) is 11.8 Å². The Morgan fingerprint density at radius 2 is 1.69 bits per heavy atom. The molecule has 0 aliphatic heterocycles. The van der Waals surface area contributed by atoms with Crippen molar-refractivity contribution < 1.29 is 14.3 Å². The van der Waals surface area contributed by atoms with Gasteiger partial charge in [0.05, 0.1) is 12.8 Å². The van der Waals surface area contributed by atoms with E-state index in [0.29, 0.717) is 24.0 Å². The molecule has 136 valence electrons. The number of ether oxygens (including phenoxy) is 1. The number of anilines is 1. The van der Waals surface area contributed by atoms with E-state index in [1.807, 2.05) is 31.2 Å². The van der Waals surface area contributed by atoms with Gasteiger partial charge >= 0.3 is 11.8 Å². The smallest absolute Gasteiger partial charge is 0.329 e. The molecule has 0 aliphatic rings. The van der Waals surface area contributed by atoms with Crippen LogP contribution in [0.5, 0.6) is 5.75 Å².